The van der Waals surface area contributed by atoms with E-state index in [0.717, 1.165) is 9.05 Å². The Morgan fingerprint density at radius 1 is 1.25 bits per heavy atom. The maximum absolute atomic E-state index is 11.9. The topological polar surface area (TPSA) is 64.1 Å². The zero-order chi connectivity index (χ0) is 14.5. The van der Waals surface area contributed by atoms with Crippen LogP contribution < -0.4 is 20.3 Å². The van der Waals surface area contributed by atoms with Crippen molar-refractivity contribution in [3.63, 3.8) is 0 Å². The summed E-state index contributed by atoms with van der Waals surface area (Å²) in [5, 5.41) is 0. The Morgan fingerprint density at radius 3 is 2.60 bits per heavy atom. The molecule has 0 aliphatic heterocycles. The fourth-order valence-corrected chi connectivity index (χ4v) is 3.80. The van der Waals surface area contributed by atoms with Gasteiger partial charge in [0.05, 0.1) is 0 Å². The van der Waals surface area contributed by atoms with Crippen molar-refractivity contribution < 1.29 is 4.74 Å². The Kier molecular flexibility index (Phi) is 4.95. The first kappa shape index (κ1) is 14.8. The van der Waals surface area contributed by atoms with Gasteiger partial charge in [-0.3, -0.25) is 0 Å². The molecule has 0 bridgehead atoms. The normalized spacial score (nSPS) is 10.7. The molecule has 1 N–H and O–H groups in total. The van der Waals surface area contributed by atoms with Crippen molar-refractivity contribution in [2.75, 3.05) is 6.61 Å². The summed E-state index contributed by atoms with van der Waals surface area (Å²) >= 11 is -0.115. The number of aromatic nitrogens is 2. The first-order valence-corrected chi connectivity index (χ1v) is 7.99. The van der Waals surface area contributed by atoms with Gasteiger partial charge in [0, 0.05) is 0 Å². The van der Waals surface area contributed by atoms with E-state index in [9.17, 15) is 9.59 Å². The van der Waals surface area contributed by atoms with E-state index in [0.29, 0.717) is 12.2 Å². The van der Waals surface area contributed by atoms with Crippen molar-refractivity contribution >= 4 is 24.0 Å². The third-order valence-corrected chi connectivity index (χ3v) is 5.33. The van der Waals surface area contributed by atoms with E-state index in [4.69, 9.17) is 4.74 Å². The quantitative estimate of drug-likeness (QED) is 0.747. The molecule has 0 unspecified atom stereocenters. The van der Waals surface area contributed by atoms with Crippen LogP contribution in [0.2, 0.25) is 0 Å². The van der Waals surface area contributed by atoms with Crippen LogP contribution in [-0.4, -0.2) is 31.1 Å². The molecule has 0 aliphatic carbocycles. The second-order valence-electron chi connectivity index (χ2n) is 4.15. The van der Waals surface area contributed by atoms with Gasteiger partial charge in [-0.1, -0.05) is 0 Å². The average molecular weight is 339 g/mol. The number of hydrogen-bond donors (Lipinski definition) is 1. The monoisotopic (exact) mass is 340 g/mol. The molecule has 20 heavy (non-hydrogen) atoms. The molecule has 0 fully saturated rings. The van der Waals surface area contributed by atoms with Gasteiger partial charge in [0.2, 0.25) is 0 Å². The van der Waals surface area contributed by atoms with Crippen LogP contribution in [0.25, 0.3) is 0 Å². The third-order valence-electron chi connectivity index (χ3n) is 2.75. The second-order valence-corrected chi connectivity index (χ2v) is 6.38. The number of ether oxygens (including phenoxy) is 1. The summed E-state index contributed by atoms with van der Waals surface area (Å²) in [6, 6.07) is 9.83. The molecule has 0 amide bonds. The van der Waals surface area contributed by atoms with Crippen molar-refractivity contribution in [3.8, 4) is 0 Å². The molecular weight excluding hydrogens is 323 g/mol. The molecule has 0 atom stereocenters. The molecule has 2 rings (SSSR count). The number of nitrogens with one attached hydrogen (secondary N) is 1. The Morgan fingerprint density at radius 2 is 1.95 bits per heavy atom. The summed E-state index contributed by atoms with van der Waals surface area (Å²) in [6.45, 7) is 4.28. The zero-order valence-electron chi connectivity index (χ0n) is 11.4. The minimum atomic E-state index is -0.415. The molecule has 0 spiro atoms. The van der Waals surface area contributed by atoms with E-state index in [2.05, 4.69) is 4.98 Å². The van der Waals surface area contributed by atoms with Crippen LogP contribution in [0.1, 0.15) is 12.5 Å². The first-order chi connectivity index (χ1) is 9.63. The molecule has 1 heterocycles. The summed E-state index contributed by atoms with van der Waals surface area (Å²) < 4.78 is 8.70. The van der Waals surface area contributed by atoms with Crippen molar-refractivity contribution in [1.29, 1.82) is 0 Å². The van der Waals surface area contributed by atoms with Gasteiger partial charge in [0.1, 0.15) is 0 Å². The van der Waals surface area contributed by atoms with E-state index in [1.807, 2.05) is 37.3 Å². The van der Waals surface area contributed by atoms with Crippen LogP contribution in [0.5, 0.6) is 0 Å². The number of H-pyrrole nitrogens is 1. The van der Waals surface area contributed by atoms with Crippen LogP contribution in [0.3, 0.4) is 0 Å². The fourth-order valence-electron chi connectivity index (χ4n) is 1.68. The van der Waals surface area contributed by atoms with E-state index >= 15 is 0 Å². The number of rotatable bonds is 5. The SMILES string of the molecule is CCOCn1c([Se]c2ccccc2)c(C)c(=O)[nH]c1=O. The standard InChI is InChI=1S/C14H16N2O3Se/c1-3-19-9-16-13(10(2)12(17)15-14(16)18)20-11-7-5-4-6-8-11/h4-8H,3,9H2,1-2H3,(H,15,17,18). The van der Waals surface area contributed by atoms with Gasteiger partial charge in [-0.25, -0.2) is 0 Å². The summed E-state index contributed by atoms with van der Waals surface area (Å²) in [4.78, 5) is 26.0. The second kappa shape index (κ2) is 6.70. The average Bonchev–Trinajstić information content (AvgIpc) is 2.45. The molecule has 106 valence electrons. The van der Waals surface area contributed by atoms with Crippen LogP contribution in [0, 0.1) is 6.92 Å². The molecule has 5 nitrogen and oxygen atoms in total. The number of aromatic amines is 1. The third kappa shape index (κ3) is 3.28. The Hall–Kier alpha value is -1.62. The van der Waals surface area contributed by atoms with Crippen molar-refractivity contribution in [3.05, 3.63) is 56.7 Å². The molecule has 0 saturated carbocycles. The van der Waals surface area contributed by atoms with Gasteiger partial charge in [0.15, 0.2) is 0 Å². The van der Waals surface area contributed by atoms with Gasteiger partial charge in [-0.15, -0.1) is 0 Å². The molecule has 1 aromatic carbocycles. The molecule has 1 aromatic heterocycles. The Bertz CT molecular complexity index is 692. The summed E-state index contributed by atoms with van der Waals surface area (Å²) in [6.07, 6.45) is 0. The van der Waals surface area contributed by atoms with Crippen LogP contribution in [0.15, 0.2) is 39.9 Å². The number of hydrogen-bond acceptors (Lipinski definition) is 3. The van der Waals surface area contributed by atoms with E-state index in [-0.39, 0.29) is 27.2 Å². The van der Waals surface area contributed by atoms with Crippen LogP contribution in [-0.2, 0) is 11.5 Å². The van der Waals surface area contributed by atoms with Crippen LogP contribution in [0.4, 0.5) is 0 Å². The molecule has 0 aliphatic rings. The van der Waals surface area contributed by atoms with Gasteiger partial charge < -0.3 is 0 Å². The van der Waals surface area contributed by atoms with Crippen molar-refractivity contribution in [1.82, 2.24) is 9.55 Å². The zero-order valence-corrected chi connectivity index (χ0v) is 13.1. The predicted octanol–water partition coefficient (Wildman–Crippen LogP) is -0.506. The van der Waals surface area contributed by atoms with E-state index in [1.165, 1.54) is 4.57 Å². The Balaban J connectivity index is 2.48. The van der Waals surface area contributed by atoms with E-state index in [1.54, 1.807) is 6.92 Å². The van der Waals surface area contributed by atoms with Gasteiger partial charge in [-0.2, -0.15) is 0 Å². The minimum absolute atomic E-state index is 0.115. The molecule has 0 saturated heterocycles. The van der Waals surface area contributed by atoms with E-state index < -0.39 is 5.69 Å². The summed E-state index contributed by atoms with van der Waals surface area (Å²) in [5.41, 5.74) is -0.162. The van der Waals surface area contributed by atoms with Crippen molar-refractivity contribution in [2.45, 2.75) is 20.6 Å². The number of benzene rings is 1. The number of nitrogens with zero attached hydrogens (tertiary/aromatic N) is 1. The molecular formula is C14H16N2O3Se. The Labute approximate surface area is 122 Å². The summed E-state index contributed by atoms with van der Waals surface area (Å²) in [7, 11) is 0. The maximum atomic E-state index is 11.9. The van der Waals surface area contributed by atoms with Gasteiger partial charge in [0.25, 0.3) is 0 Å². The van der Waals surface area contributed by atoms with Crippen LogP contribution >= 0.6 is 0 Å². The molecule has 0 radical (unpaired) electrons. The molecule has 6 heteroatoms. The first-order valence-electron chi connectivity index (χ1n) is 6.28. The van der Waals surface area contributed by atoms with Gasteiger partial charge in [-0.05, 0) is 0 Å². The molecule has 2 aromatic rings. The van der Waals surface area contributed by atoms with Gasteiger partial charge >= 0.3 is 122 Å². The predicted molar refractivity (Wildman–Crippen MR) is 79.1 cm³/mol. The van der Waals surface area contributed by atoms with Crippen molar-refractivity contribution in [2.24, 2.45) is 0 Å². The summed E-state index contributed by atoms with van der Waals surface area (Å²) in [5.74, 6) is 0. The fraction of sp³-hybridized carbons (Fsp3) is 0.286.